The van der Waals surface area contributed by atoms with Gasteiger partial charge in [0, 0.05) is 17.5 Å². The predicted octanol–water partition coefficient (Wildman–Crippen LogP) is 3.09. The van der Waals surface area contributed by atoms with Crippen LogP contribution in [0.4, 0.5) is 0 Å². The van der Waals surface area contributed by atoms with E-state index in [-0.39, 0.29) is 0 Å². The van der Waals surface area contributed by atoms with Crippen molar-refractivity contribution in [3.05, 3.63) is 22.4 Å². The van der Waals surface area contributed by atoms with E-state index in [0.29, 0.717) is 6.04 Å². The van der Waals surface area contributed by atoms with Crippen molar-refractivity contribution >= 4 is 11.3 Å². The highest BCUT2D eigenvalue weighted by atomic mass is 32.1. The first kappa shape index (κ1) is 12.1. The van der Waals surface area contributed by atoms with Crippen molar-refractivity contribution in [2.24, 2.45) is 0 Å². The van der Waals surface area contributed by atoms with Crippen LogP contribution in [0.2, 0.25) is 0 Å². The van der Waals surface area contributed by atoms with Crippen LogP contribution in [0, 0.1) is 0 Å². The largest absolute Gasteiger partial charge is 0.389 e. The van der Waals surface area contributed by atoms with Crippen LogP contribution in [0.3, 0.4) is 0 Å². The van der Waals surface area contributed by atoms with Gasteiger partial charge in [-0.05, 0) is 31.2 Å². The Morgan fingerprint density at radius 1 is 1.44 bits per heavy atom. The van der Waals surface area contributed by atoms with Crippen LogP contribution in [-0.4, -0.2) is 17.3 Å². The van der Waals surface area contributed by atoms with E-state index in [1.54, 1.807) is 11.3 Å². The summed E-state index contributed by atoms with van der Waals surface area (Å²) >= 11 is 1.77. The lowest BCUT2D eigenvalue weighted by molar-refractivity contribution is 0.00308. The molecule has 1 aliphatic rings. The molecule has 1 fully saturated rings. The zero-order valence-corrected chi connectivity index (χ0v) is 10.7. The van der Waals surface area contributed by atoms with Gasteiger partial charge in [0.1, 0.15) is 0 Å². The number of nitrogens with one attached hydrogen (secondary N) is 1. The van der Waals surface area contributed by atoms with E-state index in [4.69, 9.17) is 0 Å². The highest BCUT2D eigenvalue weighted by Gasteiger charge is 2.29. The molecular formula is C13H21NOS. The van der Waals surface area contributed by atoms with Crippen LogP contribution < -0.4 is 5.32 Å². The van der Waals surface area contributed by atoms with E-state index in [0.717, 1.165) is 19.4 Å². The maximum absolute atomic E-state index is 10.4. The molecule has 0 bridgehead atoms. The third-order valence-corrected chi connectivity index (χ3v) is 4.55. The van der Waals surface area contributed by atoms with Gasteiger partial charge in [-0.3, -0.25) is 0 Å². The molecule has 1 heterocycles. The number of rotatable bonds is 4. The Balaban J connectivity index is 1.82. The van der Waals surface area contributed by atoms with Gasteiger partial charge in [0.05, 0.1) is 5.60 Å². The molecule has 3 heteroatoms. The minimum atomic E-state index is -0.455. The molecule has 2 rings (SSSR count). The minimum Gasteiger partial charge on any atom is -0.389 e. The van der Waals surface area contributed by atoms with Crippen LogP contribution in [0.15, 0.2) is 17.5 Å². The number of hydrogen-bond donors (Lipinski definition) is 2. The van der Waals surface area contributed by atoms with Crippen molar-refractivity contribution in [3.8, 4) is 0 Å². The van der Waals surface area contributed by atoms with E-state index in [2.05, 4.69) is 29.8 Å². The summed E-state index contributed by atoms with van der Waals surface area (Å²) in [5, 5.41) is 15.9. The molecule has 0 unspecified atom stereocenters. The fourth-order valence-electron chi connectivity index (χ4n) is 2.37. The van der Waals surface area contributed by atoms with E-state index in [9.17, 15) is 5.11 Å². The summed E-state index contributed by atoms with van der Waals surface area (Å²) < 4.78 is 0. The molecule has 1 aromatic rings. The molecule has 2 nitrogen and oxygen atoms in total. The molecule has 1 saturated carbocycles. The molecule has 90 valence electrons. The quantitative estimate of drug-likeness (QED) is 0.846. The van der Waals surface area contributed by atoms with Gasteiger partial charge in [0.25, 0.3) is 0 Å². The Labute approximate surface area is 102 Å². The first-order valence-corrected chi connectivity index (χ1v) is 7.07. The second kappa shape index (κ2) is 5.30. The van der Waals surface area contributed by atoms with Gasteiger partial charge in [-0.15, -0.1) is 11.3 Å². The number of aliphatic hydroxyl groups is 1. The molecule has 0 saturated heterocycles. The molecule has 0 aromatic carbocycles. The van der Waals surface area contributed by atoms with Crippen molar-refractivity contribution in [3.63, 3.8) is 0 Å². The summed E-state index contributed by atoms with van der Waals surface area (Å²) in [5.41, 5.74) is -0.455. The summed E-state index contributed by atoms with van der Waals surface area (Å²) in [6.07, 6.45) is 5.54. The summed E-state index contributed by atoms with van der Waals surface area (Å²) in [6.45, 7) is 2.89. The third kappa shape index (κ3) is 3.06. The zero-order chi connectivity index (χ0) is 11.4. The van der Waals surface area contributed by atoms with Gasteiger partial charge in [-0.25, -0.2) is 0 Å². The fourth-order valence-corrected chi connectivity index (χ4v) is 3.13. The van der Waals surface area contributed by atoms with Gasteiger partial charge >= 0.3 is 0 Å². The Kier molecular flexibility index (Phi) is 4.00. The molecule has 16 heavy (non-hydrogen) atoms. The number of hydrogen-bond acceptors (Lipinski definition) is 3. The normalized spacial score (nSPS) is 21.9. The smallest absolute Gasteiger partial charge is 0.0771 e. The molecule has 0 spiro atoms. The maximum Gasteiger partial charge on any atom is 0.0771 e. The number of thiophene rings is 1. The van der Waals surface area contributed by atoms with Crippen LogP contribution in [0.1, 0.15) is 49.9 Å². The molecule has 0 aliphatic heterocycles. The van der Waals surface area contributed by atoms with Crippen LogP contribution in [0.25, 0.3) is 0 Å². The lowest BCUT2D eigenvalue weighted by Crippen LogP contribution is -2.42. The molecule has 0 radical (unpaired) electrons. The molecule has 1 aliphatic carbocycles. The lowest BCUT2D eigenvalue weighted by atomic mass is 9.85. The first-order chi connectivity index (χ1) is 7.70. The van der Waals surface area contributed by atoms with Gasteiger partial charge in [0.15, 0.2) is 0 Å². The van der Waals surface area contributed by atoms with E-state index in [1.807, 2.05) is 0 Å². The van der Waals surface area contributed by atoms with Crippen molar-refractivity contribution in [1.82, 2.24) is 5.32 Å². The SMILES string of the molecule is C[C@H](NCC1(O)CCCCC1)c1cccs1. The molecule has 2 N–H and O–H groups in total. The van der Waals surface area contributed by atoms with Crippen LogP contribution in [0.5, 0.6) is 0 Å². The van der Waals surface area contributed by atoms with Crippen LogP contribution >= 0.6 is 11.3 Å². The predicted molar refractivity (Wildman–Crippen MR) is 68.8 cm³/mol. The van der Waals surface area contributed by atoms with E-state index < -0.39 is 5.60 Å². The van der Waals surface area contributed by atoms with Crippen molar-refractivity contribution < 1.29 is 5.11 Å². The third-order valence-electron chi connectivity index (χ3n) is 3.49. The summed E-state index contributed by atoms with van der Waals surface area (Å²) in [5.74, 6) is 0. The summed E-state index contributed by atoms with van der Waals surface area (Å²) in [6, 6.07) is 4.58. The van der Waals surface area contributed by atoms with Gasteiger partial charge < -0.3 is 10.4 Å². The monoisotopic (exact) mass is 239 g/mol. The highest BCUT2D eigenvalue weighted by molar-refractivity contribution is 7.10. The first-order valence-electron chi connectivity index (χ1n) is 6.19. The van der Waals surface area contributed by atoms with Gasteiger partial charge in [0.2, 0.25) is 0 Å². The van der Waals surface area contributed by atoms with Crippen molar-refractivity contribution in [1.29, 1.82) is 0 Å². The average Bonchev–Trinajstić information content (AvgIpc) is 2.80. The molecule has 1 atom stereocenters. The molecule has 0 amide bonds. The summed E-state index contributed by atoms with van der Waals surface area (Å²) in [7, 11) is 0. The van der Waals surface area contributed by atoms with Crippen LogP contribution in [-0.2, 0) is 0 Å². The van der Waals surface area contributed by atoms with Crippen molar-refractivity contribution in [2.75, 3.05) is 6.54 Å². The summed E-state index contributed by atoms with van der Waals surface area (Å²) in [4.78, 5) is 1.35. The molecular weight excluding hydrogens is 218 g/mol. The Hall–Kier alpha value is -0.380. The Morgan fingerprint density at radius 2 is 2.19 bits per heavy atom. The average molecular weight is 239 g/mol. The minimum absolute atomic E-state index is 0.353. The maximum atomic E-state index is 10.4. The molecule has 1 aromatic heterocycles. The topological polar surface area (TPSA) is 32.3 Å². The van der Waals surface area contributed by atoms with Gasteiger partial charge in [-0.2, -0.15) is 0 Å². The second-order valence-corrected chi connectivity index (χ2v) is 5.88. The zero-order valence-electron chi connectivity index (χ0n) is 9.91. The Morgan fingerprint density at radius 3 is 2.81 bits per heavy atom. The Bertz CT molecular complexity index is 304. The standard InChI is InChI=1S/C13H21NOS/c1-11(12-6-5-9-16-12)14-10-13(15)7-3-2-4-8-13/h5-6,9,11,14-15H,2-4,7-8,10H2,1H3/t11-/m0/s1. The van der Waals surface area contributed by atoms with E-state index >= 15 is 0 Å². The second-order valence-electron chi connectivity index (χ2n) is 4.90. The highest BCUT2D eigenvalue weighted by Crippen LogP contribution is 2.28. The van der Waals surface area contributed by atoms with E-state index in [1.165, 1.54) is 24.1 Å². The lowest BCUT2D eigenvalue weighted by Gasteiger charge is -2.33. The van der Waals surface area contributed by atoms with Gasteiger partial charge in [-0.1, -0.05) is 25.3 Å². The fraction of sp³-hybridized carbons (Fsp3) is 0.692. The van der Waals surface area contributed by atoms with Crippen molar-refractivity contribution in [2.45, 2.75) is 50.7 Å².